The third-order valence-electron chi connectivity index (χ3n) is 3.32. The largest absolute Gasteiger partial charge is 0.399 e. The van der Waals surface area contributed by atoms with Crippen molar-refractivity contribution in [2.24, 2.45) is 0 Å². The Morgan fingerprint density at radius 3 is 2.58 bits per heavy atom. The van der Waals surface area contributed by atoms with E-state index in [9.17, 15) is 0 Å². The van der Waals surface area contributed by atoms with Gasteiger partial charge in [0.1, 0.15) is 5.82 Å². The molecule has 3 aromatic rings. The molecule has 1 aromatic heterocycles. The number of anilines is 1. The highest BCUT2D eigenvalue weighted by Crippen LogP contribution is 2.19. The molecule has 0 aliphatic heterocycles. The van der Waals surface area contributed by atoms with Crippen LogP contribution in [0, 0.1) is 13.8 Å². The molecule has 0 amide bonds. The van der Waals surface area contributed by atoms with Gasteiger partial charge < -0.3 is 10.7 Å². The smallest absolute Gasteiger partial charge is 0.111 e. The van der Waals surface area contributed by atoms with E-state index in [1.165, 1.54) is 16.7 Å². The van der Waals surface area contributed by atoms with Crippen LogP contribution >= 0.6 is 0 Å². The second-order valence-corrected chi connectivity index (χ2v) is 5.08. The highest BCUT2D eigenvalue weighted by molar-refractivity contribution is 5.79. The fourth-order valence-electron chi connectivity index (χ4n) is 2.43. The Bertz CT molecular complexity index is 724. The normalized spacial score (nSPS) is 11.1. The van der Waals surface area contributed by atoms with Crippen molar-refractivity contribution in [3.8, 4) is 0 Å². The van der Waals surface area contributed by atoms with E-state index in [4.69, 9.17) is 5.73 Å². The first kappa shape index (κ1) is 11.8. The summed E-state index contributed by atoms with van der Waals surface area (Å²) in [7, 11) is 0. The quantitative estimate of drug-likeness (QED) is 0.686. The Morgan fingerprint density at radius 2 is 1.84 bits per heavy atom. The number of nitrogen functional groups attached to an aromatic ring is 1. The SMILES string of the molecule is Cc1cc(C)c2nc(Cc3ccc(N)cc3)[nH]c2c1. The summed E-state index contributed by atoms with van der Waals surface area (Å²) in [6.07, 6.45) is 0.799. The highest BCUT2D eigenvalue weighted by Gasteiger charge is 2.06. The van der Waals surface area contributed by atoms with Crippen LogP contribution in [-0.4, -0.2) is 9.97 Å². The van der Waals surface area contributed by atoms with Crippen LogP contribution in [0.4, 0.5) is 5.69 Å². The second-order valence-electron chi connectivity index (χ2n) is 5.08. The lowest BCUT2D eigenvalue weighted by Gasteiger charge is -1.98. The zero-order chi connectivity index (χ0) is 13.4. The van der Waals surface area contributed by atoms with E-state index < -0.39 is 0 Å². The number of aromatic nitrogens is 2. The van der Waals surface area contributed by atoms with E-state index in [0.717, 1.165) is 29.0 Å². The van der Waals surface area contributed by atoms with Gasteiger partial charge in [-0.15, -0.1) is 0 Å². The number of benzene rings is 2. The predicted octanol–water partition coefficient (Wildman–Crippen LogP) is 3.35. The summed E-state index contributed by atoms with van der Waals surface area (Å²) in [4.78, 5) is 8.08. The predicted molar refractivity (Wildman–Crippen MR) is 79.2 cm³/mol. The van der Waals surface area contributed by atoms with Gasteiger partial charge in [0.25, 0.3) is 0 Å². The maximum Gasteiger partial charge on any atom is 0.111 e. The summed E-state index contributed by atoms with van der Waals surface area (Å²) in [6, 6.07) is 12.2. The van der Waals surface area contributed by atoms with E-state index in [-0.39, 0.29) is 0 Å². The number of nitrogens with two attached hydrogens (primary N) is 1. The average Bonchev–Trinajstić information content (AvgIpc) is 2.75. The molecule has 3 N–H and O–H groups in total. The Labute approximate surface area is 112 Å². The minimum Gasteiger partial charge on any atom is -0.399 e. The molecule has 0 aliphatic carbocycles. The lowest BCUT2D eigenvalue weighted by molar-refractivity contribution is 1.04. The standard InChI is InChI=1S/C16H17N3/c1-10-7-11(2)16-14(8-10)18-15(19-16)9-12-3-5-13(17)6-4-12/h3-8H,9,17H2,1-2H3,(H,18,19). The minimum atomic E-state index is 0.792. The van der Waals surface area contributed by atoms with Crippen molar-refractivity contribution in [2.75, 3.05) is 5.73 Å². The van der Waals surface area contributed by atoms with E-state index in [1.54, 1.807) is 0 Å². The van der Waals surface area contributed by atoms with Gasteiger partial charge >= 0.3 is 0 Å². The molecule has 0 unspecified atom stereocenters. The molecule has 1 heterocycles. The third-order valence-corrected chi connectivity index (χ3v) is 3.32. The lowest BCUT2D eigenvalue weighted by Crippen LogP contribution is -1.91. The number of hydrogen-bond acceptors (Lipinski definition) is 2. The van der Waals surface area contributed by atoms with Gasteiger partial charge in [0, 0.05) is 12.1 Å². The van der Waals surface area contributed by atoms with Crippen LogP contribution in [0.25, 0.3) is 11.0 Å². The first-order valence-electron chi connectivity index (χ1n) is 6.42. The number of nitrogens with zero attached hydrogens (tertiary/aromatic N) is 1. The summed E-state index contributed by atoms with van der Waals surface area (Å²) in [5.74, 6) is 0.994. The lowest BCUT2D eigenvalue weighted by atomic mass is 10.1. The van der Waals surface area contributed by atoms with Gasteiger partial charge in [0.05, 0.1) is 11.0 Å². The van der Waals surface area contributed by atoms with Crippen LogP contribution in [0.3, 0.4) is 0 Å². The van der Waals surface area contributed by atoms with Crippen molar-refractivity contribution in [3.63, 3.8) is 0 Å². The summed E-state index contributed by atoms with van der Waals surface area (Å²) in [5, 5.41) is 0. The van der Waals surface area contributed by atoms with E-state index >= 15 is 0 Å². The molecule has 3 rings (SSSR count). The van der Waals surface area contributed by atoms with Crippen molar-refractivity contribution in [1.82, 2.24) is 9.97 Å². The van der Waals surface area contributed by atoms with Gasteiger partial charge in [-0.3, -0.25) is 0 Å². The Hall–Kier alpha value is -2.29. The van der Waals surface area contributed by atoms with Crippen molar-refractivity contribution in [2.45, 2.75) is 20.3 Å². The fourth-order valence-corrected chi connectivity index (χ4v) is 2.43. The third kappa shape index (κ3) is 2.32. The molecule has 0 radical (unpaired) electrons. The molecule has 0 spiro atoms. The molecular formula is C16H17N3. The van der Waals surface area contributed by atoms with Crippen LogP contribution in [0.5, 0.6) is 0 Å². The molecule has 0 saturated heterocycles. The van der Waals surface area contributed by atoms with E-state index in [1.807, 2.05) is 24.3 Å². The number of fused-ring (bicyclic) bond motifs is 1. The van der Waals surface area contributed by atoms with Gasteiger partial charge in [-0.05, 0) is 48.7 Å². The number of rotatable bonds is 2. The molecule has 3 nitrogen and oxygen atoms in total. The minimum absolute atomic E-state index is 0.792. The van der Waals surface area contributed by atoms with Crippen LogP contribution in [0.1, 0.15) is 22.5 Å². The molecule has 0 bridgehead atoms. The van der Waals surface area contributed by atoms with Crippen LogP contribution in [0.2, 0.25) is 0 Å². The van der Waals surface area contributed by atoms with Crippen LogP contribution in [0.15, 0.2) is 36.4 Å². The maximum atomic E-state index is 5.69. The summed E-state index contributed by atoms with van der Waals surface area (Å²) < 4.78 is 0. The van der Waals surface area contributed by atoms with Crippen molar-refractivity contribution < 1.29 is 0 Å². The van der Waals surface area contributed by atoms with Gasteiger partial charge in [-0.2, -0.15) is 0 Å². The fraction of sp³-hybridized carbons (Fsp3) is 0.188. The number of aromatic amines is 1. The summed E-state index contributed by atoms with van der Waals surface area (Å²) in [6.45, 7) is 4.20. The highest BCUT2D eigenvalue weighted by atomic mass is 14.9. The van der Waals surface area contributed by atoms with E-state index in [2.05, 4.69) is 35.9 Å². The molecule has 96 valence electrons. The molecule has 3 heteroatoms. The van der Waals surface area contributed by atoms with Gasteiger partial charge in [0.2, 0.25) is 0 Å². The molecule has 0 atom stereocenters. The molecule has 0 fully saturated rings. The number of nitrogens with one attached hydrogen (secondary N) is 1. The molecule has 0 saturated carbocycles. The summed E-state index contributed by atoms with van der Waals surface area (Å²) in [5.41, 5.74) is 12.4. The second kappa shape index (κ2) is 4.43. The van der Waals surface area contributed by atoms with Crippen molar-refractivity contribution >= 4 is 16.7 Å². The molecular weight excluding hydrogens is 234 g/mol. The Kier molecular flexibility index (Phi) is 2.75. The Morgan fingerprint density at radius 1 is 1.11 bits per heavy atom. The van der Waals surface area contributed by atoms with Crippen molar-refractivity contribution in [1.29, 1.82) is 0 Å². The number of aryl methyl sites for hydroxylation is 2. The number of hydrogen-bond donors (Lipinski definition) is 2. The van der Waals surface area contributed by atoms with E-state index in [0.29, 0.717) is 0 Å². The Balaban J connectivity index is 1.97. The molecule has 19 heavy (non-hydrogen) atoms. The molecule has 0 aliphatic rings. The van der Waals surface area contributed by atoms with Gasteiger partial charge in [-0.25, -0.2) is 4.98 Å². The van der Waals surface area contributed by atoms with Crippen LogP contribution < -0.4 is 5.73 Å². The average molecular weight is 251 g/mol. The van der Waals surface area contributed by atoms with Gasteiger partial charge in [0.15, 0.2) is 0 Å². The monoisotopic (exact) mass is 251 g/mol. The van der Waals surface area contributed by atoms with Crippen LogP contribution in [-0.2, 0) is 6.42 Å². The number of H-pyrrole nitrogens is 1. The van der Waals surface area contributed by atoms with Gasteiger partial charge in [-0.1, -0.05) is 18.2 Å². The summed E-state index contributed by atoms with van der Waals surface area (Å²) >= 11 is 0. The first-order valence-corrected chi connectivity index (χ1v) is 6.42. The first-order chi connectivity index (χ1) is 9.11. The zero-order valence-corrected chi connectivity index (χ0v) is 11.2. The molecule has 2 aromatic carbocycles. The topological polar surface area (TPSA) is 54.7 Å². The maximum absolute atomic E-state index is 5.69. The van der Waals surface area contributed by atoms with Crippen molar-refractivity contribution in [3.05, 3.63) is 58.9 Å². The number of imidazole rings is 1. The zero-order valence-electron chi connectivity index (χ0n) is 11.2.